The minimum absolute atomic E-state index is 0.0153. The molecule has 1 aromatic carbocycles. The number of benzene rings is 1. The molecule has 0 aromatic heterocycles. The van der Waals surface area contributed by atoms with Crippen molar-refractivity contribution in [2.75, 3.05) is 6.61 Å². The van der Waals surface area contributed by atoms with Crippen molar-refractivity contribution in [1.29, 1.82) is 0 Å². The highest BCUT2D eigenvalue weighted by Gasteiger charge is 2.43. The van der Waals surface area contributed by atoms with Gasteiger partial charge in [0, 0.05) is 0 Å². The largest absolute Gasteiger partial charge is 0.466 e. The Kier molecular flexibility index (Phi) is 3.05. The average molecular weight is 204 g/mol. The topological polar surface area (TPSA) is 26.3 Å². The number of esters is 1. The van der Waals surface area contributed by atoms with E-state index < -0.39 is 0 Å². The van der Waals surface area contributed by atoms with Crippen LogP contribution in [0.15, 0.2) is 30.3 Å². The van der Waals surface area contributed by atoms with Gasteiger partial charge in [-0.25, -0.2) is 0 Å². The molecule has 0 unspecified atom stereocenters. The number of ether oxygens (including phenoxy) is 1. The van der Waals surface area contributed by atoms with E-state index in [0.717, 1.165) is 12.8 Å². The van der Waals surface area contributed by atoms with Gasteiger partial charge in [0.2, 0.25) is 0 Å². The number of rotatable bonds is 4. The Balaban J connectivity index is 1.83. The second kappa shape index (κ2) is 4.47. The van der Waals surface area contributed by atoms with Crippen LogP contribution in [-0.2, 0) is 16.0 Å². The lowest BCUT2D eigenvalue weighted by Gasteiger charge is -2.01. The van der Waals surface area contributed by atoms with Gasteiger partial charge in [-0.3, -0.25) is 4.79 Å². The van der Waals surface area contributed by atoms with E-state index in [4.69, 9.17) is 4.74 Å². The molecule has 2 atom stereocenters. The normalized spacial score (nSPS) is 23.5. The van der Waals surface area contributed by atoms with Gasteiger partial charge >= 0.3 is 5.97 Å². The molecule has 0 saturated heterocycles. The second-order valence-corrected chi connectivity index (χ2v) is 4.04. The maximum Gasteiger partial charge on any atom is 0.309 e. The van der Waals surface area contributed by atoms with Crippen LogP contribution in [0.1, 0.15) is 18.9 Å². The van der Waals surface area contributed by atoms with Crippen molar-refractivity contribution in [3.8, 4) is 0 Å². The monoisotopic (exact) mass is 204 g/mol. The predicted octanol–water partition coefficient (Wildman–Crippen LogP) is 2.43. The standard InChI is InChI=1S/C13H16O2/c1-2-15-13(14)12-9-11(12)8-10-6-4-3-5-7-10/h3-7,11-12H,2,8-9H2,1H3/t11-,12-/m1/s1. The predicted molar refractivity (Wildman–Crippen MR) is 58.4 cm³/mol. The fraction of sp³-hybridized carbons (Fsp3) is 0.462. The van der Waals surface area contributed by atoms with Crippen LogP contribution in [0.3, 0.4) is 0 Å². The van der Waals surface area contributed by atoms with Gasteiger partial charge < -0.3 is 4.74 Å². The minimum Gasteiger partial charge on any atom is -0.466 e. The molecule has 1 aliphatic rings. The second-order valence-electron chi connectivity index (χ2n) is 4.04. The van der Waals surface area contributed by atoms with Gasteiger partial charge in [-0.2, -0.15) is 0 Å². The molecule has 0 bridgehead atoms. The van der Waals surface area contributed by atoms with E-state index in [1.54, 1.807) is 0 Å². The van der Waals surface area contributed by atoms with Gasteiger partial charge in [0.25, 0.3) is 0 Å². The van der Waals surface area contributed by atoms with Gasteiger partial charge in [-0.1, -0.05) is 30.3 Å². The van der Waals surface area contributed by atoms with E-state index in [1.807, 2.05) is 25.1 Å². The molecule has 0 N–H and O–H groups in total. The summed E-state index contributed by atoms with van der Waals surface area (Å²) >= 11 is 0. The lowest BCUT2D eigenvalue weighted by Crippen LogP contribution is -2.08. The van der Waals surface area contributed by atoms with Crippen molar-refractivity contribution < 1.29 is 9.53 Å². The third kappa shape index (κ3) is 2.58. The Hall–Kier alpha value is -1.31. The molecule has 0 aliphatic heterocycles. The molecule has 2 heteroatoms. The van der Waals surface area contributed by atoms with Crippen molar-refractivity contribution in [1.82, 2.24) is 0 Å². The number of carbonyl (C=O) groups excluding carboxylic acids is 1. The van der Waals surface area contributed by atoms with Crippen LogP contribution in [0.4, 0.5) is 0 Å². The summed E-state index contributed by atoms with van der Waals surface area (Å²) in [7, 11) is 0. The van der Waals surface area contributed by atoms with Crippen molar-refractivity contribution in [2.45, 2.75) is 19.8 Å². The highest BCUT2D eigenvalue weighted by molar-refractivity contribution is 5.75. The molecule has 80 valence electrons. The summed E-state index contributed by atoms with van der Waals surface area (Å²) in [6, 6.07) is 10.3. The lowest BCUT2D eigenvalue weighted by molar-refractivity contribution is -0.145. The van der Waals surface area contributed by atoms with E-state index in [9.17, 15) is 4.79 Å². The number of hydrogen-bond acceptors (Lipinski definition) is 2. The number of carbonyl (C=O) groups is 1. The quantitative estimate of drug-likeness (QED) is 0.704. The molecule has 0 radical (unpaired) electrons. The van der Waals surface area contributed by atoms with Crippen LogP contribution in [0.25, 0.3) is 0 Å². The summed E-state index contributed by atoms with van der Waals surface area (Å²) in [6.07, 6.45) is 2.00. The van der Waals surface area contributed by atoms with Crippen LogP contribution in [0, 0.1) is 11.8 Å². The van der Waals surface area contributed by atoms with Crippen molar-refractivity contribution in [3.05, 3.63) is 35.9 Å². The molecule has 0 spiro atoms. The van der Waals surface area contributed by atoms with E-state index in [-0.39, 0.29) is 11.9 Å². The molecule has 2 rings (SSSR count). The van der Waals surface area contributed by atoms with Crippen molar-refractivity contribution in [3.63, 3.8) is 0 Å². The third-order valence-electron chi connectivity index (χ3n) is 2.85. The van der Waals surface area contributed by atoms with Crippen molar-refractivity contribution >= 4 is 5.97 Å². The Morgan fingerprint density at radius 3 is 2.80 bits per heavy atom. The zero-order valence-electron chi connectivity index (χ0n) is 8.98. The highest BCUT2D eigenvalue weighted by atomic mass is 16.5. The molecule has 1 aliphatic carbocycles. The molecule has 15 heavy (non-hydrogen) atoms. The van der Waals surface area contributed by atoms with E-state index in [2.05, 4.69) is 12.1 Å². The maximum atomic E-state index is 11.4. The highest BCUT2D eigenvalue weighted by Crippen LogP contribution is 2.41. The van der Waals surface area contributed by atoms with Gasteiger partial charge in [0.05, 0.1) is 12.5 Å². The molecule has 1 saturated carbocycles. The molecule has 1 aromatic rings. The summed E-state index contributed by atoms with van der Waals surface area (Å²) in [5, 5.41) is 0. The Bertz CT molecular complexity index is 332. The molecule has 1 fully saturated rings. The minimum atomic E-state index is -0.0153. The Morgan fingerprint density at radius 1 is 1.40 bits per heavy atom. The zero-order valence-corrected chi connectivity index (χ0v) is 8.98. The van der Waals surface area contributed by atoms with Crippen LogP contribution >= 0.6 is 0 Å². The van der Waals surface area contributed by atoms with Gasteiger partial charge in [0.1, 0.15) is 0 Å². The first-order valence-corrected chi connectivity index (χ1v) is 5.52. The summed E-state index contributed by atoms with van der Waals surface area (Å²) in [5.74, 6) is 0.648. The third-order valence-corrected chi connectivity index (χ3v) is 2.85. The summed E-state index contributed by atoms with van der Waals surface area (Å²) in [4.78, 5) is 11.4. The fourth-order valence-corrected chi connectivity index (χ4v) is 1.93. The van der Waals surface area contributed by atoms with Crippen molar-refractivity contribution in [2.24, 2.45) is 11.8 Å². The summed E-state index contributed by atoms with van der Waals surface area (Å²) in [5.41, 5.74) is 1.31. The van der Waals surface area contributed by atoms with Gasteiger partial charge in [0.15, 0.2) is 0 Å². The first-order valence-electron chi connectivity index (χ1n) is 5.52. The Labute approximate surface area is 90.3 Å². The van der Waals surface area contributed by atoms with E-state index in [0.29, 0.717) is 12.5 Å². The lowest BCUT2D eigenvalue weighted by atomic mass is 10.1. The first-order chi connectivity index (χ1) is 7.31. The maximum absolute atomic E-state index is 11.4. The Morgan fingerprint density at radius 2 is 2.13 bits per heavy atom. The molecule has 0 heterocycles. The number of hydrogen-bond donors (Lipinski definition) is 0. The smallest absolute Gasteiger partial charge is 0.309 e. The molecule has 2 nitrogen and oxygen atoms in total. The first kappa shape index (κ1) is 10.2. The molecule has 0 amide bonds. The fourth-order valence-electron chi connectivity index (χ4n) is 1.93. The van der Waals surface area contributed by atoms with Crippen LogP contribution in [-0.4, -0.2) is 12.6 Å². The molecular formula is C13H16O2. The SMILES string of the molecule is CCOC(=O)[C@@H]1C[C@H]1Cc1ccccc1. The van der Waals surface area contributed by atoms with Gasteiger partial charge in [-0.05, 0) is 31.2 Å². The average Bonchev–Trinajstić information content (AvgIpc) is 2.99. The van der Waals surface area contributed by atoms with Crippen LogP contribution in [0.2, 0.25) is 0 Å². The summed E-state index contributed by atoms with van der Waals surface area (Å²) in [6.45, 7) is 2.35. The van der Waals surface area contributed by atoms with Crippen LogP contribution < -0.4 is 0 Å². The zero-order chi connectivity index (χ0) is 10.7. The van der Waals surface area contributed by atoms with Crippen LogP contribution in [0.5, 0.6) is 0 Å². The van der Waals surface area contributed by atoms with Gasteiger partial charge in [-0.15, -0.1) is 0 Å². The van der Waals surface area contributed by atoms with E-state index >= 15 is 0 Å². The summed E-state index contributed by atoms with van der Waals surface area (Å²) < 4.78 is 4.99. The van der Waals surface area contributed by atoms with E-state index in [1.165, 1.54) is 5.56 Å². The molecular weight excluding hydrogens is 188 g/mol.